The summed E-state index contributed by atoms with van der Waals surface area (Å²) < 4.78 is 16.6. The molecule has 4 aromatic rings. The lowest BCUT2D eigenvalue weighted by atomic mass is 10.0. The molecule has 0 aliphatic heterocycles. The van der Waals surface area contributed by atoms with Gasteiger partial charge in [0, 0.05) is 33.9 Å². The van der Waals surface area contributed by atoms with Crippen LogP contribution in [0.15, 0.2) is 97.1 Å². The Labute approximate surface area is 185 Å². The first-order valence-corrected chi connectivity index (χ1v) is 9.95. The summed E-state index contributed by atoms with van der Waals surface area (Å²) in [6.45, 7) is 0. The molecule has 0 bridgehead atoms. The number of benzene rings is 4. The molecule has 0 aliphatic rings. The summed E-state index contributed by atoms with van der Waals surface area (Å²) in [6, 6.07) is 31.0. The summed E-state index contributed by atoms with van der Waals surface area (Å²) in [7, 11) is 0. The molecular weight excluding hydrogens is 408 g/mol. The van der Waals surface area contributed by atoms with Crippen molar-refractivity contribution in [3.8, 4) is 22.3 Å². The van der Waals surface area contributed by atoms with Gasteiger partial charge < -0.3 is 22.9 Å². The van der Waals surface area contributed by atoms with Crippen molar-refractivity contribution in [3.63, 3.8) is 0 Å². The first kappa shape index (κ1) is 23.2. The van der Waals surface area contributed by atoms with Crippen LogP contribution in [-0.2, 0) is 11.6 Å². The Hall–Kier alpha value is -4.10. The van der Waals surface area contributed by atoms with Crippen molar-refractivity contribution in [1.29, 1.82) is 0 Å². The lowest BCUT2D eigenvalue weighted by molar-refractivity contribution is 0.630. The second-order valence-corrected chi connectivity index (χ2v) is 6.63. The molecule has 0 saturated heterocycles. The van der Waals surface area contributed by atoms with Crippen molar-refractivity contribution in [2.24, 2.45) is 0 Å². The third-order valence-corrected chi connectivity index (χ3v) is 4.32. The Morgan fingerprint density at radius 1 is 0.484 bits per heavy atom. The van der Waals surface area contributed by atoms with Gasteiger partial charge in [-0.2, -0.15) is 8.42 Å². The molecule has 4 rings (SSSR count). The van der Waals surface area contributed by atoms with Gasteiger partial charge in [0.2, 0.25) is 0 Å². The maximum atomic E-state index is 8.29. The lowest BCUT2D eigenvalue weighted by Crippen LogP contribution is -1.90. The molecule has 158 valence electrons. The van der Waals surface area contributed by atoms with E-state index in [1.54, 1.807) is 0 Å². The monoisotopic (exact) mass is 432 g/mol. The van der Waals surface area contributed by atoms with E-state index in [1.807, 2.05) is 97.1 Å². The van der Waals surface area contributed by atoms with Gasteiger partial charge in [-0.25, -0.2) is 0 Å². The van der Waals surface area contributed by atoms with Crippen molar-refractivity contribution in [3.05, 3.63) is 97.1 Å². The van der Waals surface area contributed by atoms with Crippen LogP contribution in [0, 0.1) is 0 Å². The Balaban J connectivity index is 0.000000196. The second-order valence-electron chi connectivity index (χ2n) is 6.49. The third-order valence-electron chi connectivity index (χ3n) is 4.32. The average molecular weight is 433 g/mol. The van der Waals surface area contributed by atoms with E-state index in [2.05, 4.69) is 0 Å². The van der Waals surface area contributed by atoms with E-state index in [0.29, 0.717) is 0 Å². The lowest BCUT2D eigenvalue weighted by Gasteiger charge is -2.05. The Kier molecular flexibility index (Phi) is 8.82. The molecule has 4 aromatic carbocycles. The number of nitrogens with two attached hydrogens (primary N) is 4. The van der Waals surface area contributed by atoms with Crippen LogP contribution < -0.4 is 22.9 Å². The Morgan fingerprint density at radius 3 is 1.16 bits per heavy atom. The Bertz CT molecular complexity index is 1090. The minimum absolute atomic E-state index is 0.750. The molecule has 0 fully saturated rings. The fraction of sp³-hybridized carbons (Fsp3) is 0. The summed E-state index contributed by atoms with van der Waals surface area (Å²) in [5.41, 5.74) is 30.4. The average Bonchev–Trinajstić information content (AvgIpc) is 2.75. The highest BCUT2D eigenvalue weighted by molar-refractivity contribution is 7.51. The quantitative estimate of drug-likeness (QED) is 0.347. The number of anilines is 4. The molecule has 8 N–H and O–H groups in total. The molecular formula is C24H24N4O2S. The van der Waals surface area contributed by atoms with E-state index in [0.717, 1.165) is 45.0 Å². The molecule has 6 nitrogen and oxygen atoms in total. The van der Waals surface area contributed by atoms with Crippen molar-refractivity contribution >= 4 is 34.3 Å². The van der Waals surface area contributed by atoms with Gasteiger partial charge in [0.25, 0.3) is 0 Å². The fourth-order valence-corrected chi connectivity index (χ4v) is 2.93. The first-order valence-electron chi connectivity index (χ1n) is 9.29. The van der Waals surface area contributed by atoms with Gasteiger partial charge in [0.1, 0.15) is 0 Å². The van der Waals surface area contributed by atoms with Gasteiger partial charge in [0.05, 0.1) is 0 Å². The first-order chi connectivity index (χ1) is 15.0. The maximum Gasteiger partial charge on any atom is 0.335 e. The predicted octanol–water partition coefficient (Wildman–Crippen LogP) is 4.37. The highest BCUT2D eigenvalue weighted by Gasteiger charge is 2.01. The van der Waals surface area contributed by atoms with Gasteiger partial charge in [-0.15, -0.1) is 0 Å². The summed E-state index contributed by atoms with van der Waals surface area (Å²) >= 11 is -0.750. The molecule has 0 atom stereocenters. The SMILES string of the molecule is Nc1cccc(-c2ccccc2N)c1.Nc1cccc(-c2ccccc2N)c1.O=S=O. The third kappa shape index (κ3) is 7.02. The van der Waals surface area contributed by atoms with Crippen molar-refractivity contribution in [2.45, 2.75) is 0 Å². The van der Waals surface area contributed by atoms with Crippen molar-refractivity contribution in [2.75, 3.05) is 22.9 Å². The van der Waals surface area contributed by atoms with E-state index in [4.69, 9.17) is 31.4 Å². The normalized spacial score (nSPS) is 9.42. The number of rotatable bonds is 2. The largest absolute Gasteiger partial charge is 0.399 e. The number of hydrogen-bond acceptors (Lipinski definition) is 6. The fourth-order valence-electron chi connectivity index (χ4n) is 2.93. The highest BCUT2D eigenvalue weighted by Crippen LogP contribution is 2.27. The summed E-state index contributed by atoms with van der Waals surface area (Å²) in [5.74, 6) is 0. The summed E-state index contributed by atoms with van der Waals surface area (Å²) in [5, 5.41) is 0. The zero-order valence-electron chi connectivity index (χ0n) is 16.8. The van der Waals surface area contributed by atoms with E-state index >= 15 is 0 Å². The van der Waals surface area contributed by atoms with Gasteiger partial charge in [-0.05, 0) is 47.5 Å². The topological polar surface area (TPSA) is 138 Å². The molecule has 0 saturated carbocycles. The van der Waals surface area contributed by atoms with Crippen LogP contribution in [0.3, 0.4) is 0 Å². The molecule has 0 aliphatic carbocycles. The van der Waals surface area contributed by atoms with Gasteiger partial charge in [-0.3, -0.25) is 0 Å². The van der Waals surface area contributed by atoms with Crippen LogP contribution in [0.5, 0.6) is 0 Å². The minimum Gasteiger partial charge on any atom is -0.399 e. The van der Waals surface area contributed by atoms with Crippen molar-refractivity contribution in [1.82, 2.24) is 0 Å². The smallest absolute Gasteiger partial charge is 0.335 e. The van der Waals surface area contributed by atoms with Gasteiger partial charge >= 0.3 is 11.6 Å². The van der Waals surface area contributed by atoms with Crippen LogP contribution in [0.1, 0.15) is 0 Å². The second kappa shape index (κ2) is 11.8. The molecule has 0 spiro atoms. The summed E-state index contributed by atoms with van der Waals surface area (Å²) in [6.07, 6.45) is 0. The van der Waals surface area contributed by atoms with E-state index in [-0.39, 0.29) is 0 Å². The molecule has 0 radical (unpaired) electrons. The predicted molar refractivity (Wildman–Crippen MR) is 130 cm³/mol. The molecule has 31 heavy (non-hydrogen) atoms. The van der Waals surface area contributed by atoms with Crippen molar-refractivity contribution < 1.29 is 8.42 Å². The van der Waals surface area contributed by atoms with E-state index in [1.165, 1.54) is 0 Å². The van der Waals surface area contributed by atoms with Crippen LogP contribution in [-0.4, -0.2) is 8.42 Å². The van der Waals surface area contributed by atoms with E-state index in [9.17, 15) is 0 Å². The molecule has 7 heteroatoms. The Morgan fingerprint density at radius 2 is 0.839 bits per heavy atom. The van der Waals surface area contributed by atoms with Gasteiger partial charge in [-0.1, -0.05) is 60.7 Å². The number of hydrogen-bond donors (Lipinski definition) is 4. The highest BCUT2D eigenvalue weighted by atomic mass is 32.1. The maximum absolute atomic E-state index is 8.29. The van der Waals surface area contributed by atoms with Crippen LogP contribution in [0.4, 0.5) is 22.7 Å². The van der Waals surface area contributed by atoms with Crippen LogP contribution in [0.25, 0.3) is 22.3 Å². The molecule has 0 amide bonds. The standard InChI is InChI=1S/2C12H12N2.O2S/c2*13-10-5-3-4-9(8-10)11-6-1-2-7-12(11)14;1-3-2/h2*1-8H,13-14H2;. The van der Waals surface area contributed by atoms with E-state index < -0.39 is 11.6 Å². The molecule has 0 aromatic heterocycles. The zero-order chi connectivity index (χ0) is 22.6. The molecule has 0 heterocycles. The zero-order valence-corrected chi connectivity index (χ0v) is 17.6. The van der Waals surface area contributed by atoms with Crippen LogP contribution in [0.2, 0.25) is 0 Å². The van der Waals surface area contributed by atoms with Gasteiger partial charge in [0.15, 0.2) is 0 Å². The number of nitrogen functional groups attached to an aromatic ring is 4. The molecule has 0 unspecified atom stereocenters. The van der Waals surface area contributed by atoms with Crippen LogP contribution >= 0.6 is 0 Å². The number of para-hydroxylation sites is 2. The summed E-state index contributed by atoms with van der Waals surface area (Å²) in [4.78, 5) is 0. The minimum atomic E-state index is -0.750.